The minimum atomic E-state index is 0.665. The van der Waals surface area contributed by atoms with Crippen LogP contribution in [0.2, 0.25) is 0 Å². The molecule has 21 heavy (non-hydrogen) atoms. The number of fused-ring (bicyclic) bond motifs is 1. The second-order valence-electron chi connectivity index (χ2n) is 6.10. The van der Waals surface area contributed by atoms with Crippen molar-refractivity contribution in [2.75, 3.05) is 45.2 Å². The zero-order chi connectivity index (χ0) is 14.8. The van der Waals surface area contributed by atoms with Gasteiger partial charge in [-0.1, -0.05) is 0 Å². The maximum Gasteiger partial charge on any atom is 0.195 e. The first-order valence-corrected chi connectivity index (χ1v) is 8.61. The lowest BCUT2D eigenvalue weighted by atomic mass is 9.96. The molecule has 0 bridgehead atoms. The molecular weight excluding hydrogens is 282 g/mol. The highest BCUT2D eigenvalue weighted by Gasteiger charge is 2.21. The molecule has 0 saturated carbocycles. The zero-order valence-corrected chi connectivity index (χ0v) is 13.8. The summed E-state index contributed by atoms with van der Waals surface area (Å²) >= 11 is 1.69. The average molecular weight is 307 g/mol. The number of thiazole rings is 1. The van der Waals surface area contributed by atoms with Gasteiger partial charge < -0.3 is 15.5 Å². The third-order valence-corrected chi connectivity index (χ3v) is 5.21. The second-order valence-corrected chi connectivity index (χ2v) is 6.98. The second kappa shape index (κ2) is 6.34. The van der Waals surface area contributed by atoms with Crippen molar-refractivity contribution in [3.05, 3.63) is 17.3 Å². The Morgan fingerprint density at radius 2 is 2.19 bits per heavy atom. The van der Waals surface area contributed by atoms with Crippen molar-refractivity contribution in [1.29, 1.82) is 0 Å². The molecular formula is C15H25N5S. The summed E-state index contributed by atoms with van der Waals surface area (Å²) in [4.78, 5) is 10.6. The van der Waals surface area contributed by atoms with E-state index in [1.807, 2.05) is 0 Å². The largest absolute Gasteiger partial charge is 0.358 e. The molecule has 2 aromatic rings. The van der Waals surface area contributed by atoms with Crippen molar-refractivity contribution in [3.8, 4) is 0 Å². The lowest BCUT2D eigenvalue weighted by Gasteiger charge is -2.32. The maximum absolute atomic E-state index is 5.79. The van der Waals surface area contributed by atoms with Gasteiger partial charge in [0, 0.05) is 31.6 Å². The molecule has 0 unspecified atom stereocenters. The van der Waals surface area contributed by atoms with Gasteiger partial charge in [0.25, 0.3) is 0 Å². The normalized spacial score (nSPS) is 17.7. The van der Waals surface area contributed by atoms with E-state index in [2.05, 4.69) is 39.9 Å². The van der Waals surface area contributed by atoms with Gasteiger partial charge in [0.15, 0.2) is 10.8 Å². The number of anilines is 1. The quantitative estimate of drug-likeness (QED) is 0.913. The minimum absolute atomic E-state index is 0.665. The number of nitrogens with zero attached hydrogens (tertiary/aromatic N) is 4. The molecule has 0 aromatic carbocycles. The number of rotatable bonds is 5. The molecule has 0 spiro atoms. The molecule has 0 radical (unpaired) electrons. The Bertz CT molecular complexity index is 582. The number of imidazole rings is 1. The van der Waals surface area contributed by atoms with Crippen LogP contribution < -0.4 is 10.6 Å². The molecule has 0 amide bonds. The van der Waals surface area contributed by atoms with Gasteiger partial charge in [0.2, 0.25) is 0 Å². The number of nitrogens with two attached hydrogens (primary N) is 1. The summed E-state index contributed by atoms with van der Waals surface area (Å²) < 4.78 is 2.19. The molecule has 116 valence electrons. The van der Waals surface area contributed by atoms with Gasteiger partial charge >= 0.3 is 0 Å². The predicted octanol–water partition coefficient (Wildman–Crippen LogP) is 1.67. The Kier molecular flexibility index (Phi) is 4.47. The number of hydrogen-bond donors (Lipinski definition) is 1. The molecule has 0 atom stereocenters. The van der Waals surface area contributed by atoms with Gasteiger partial charge in [-0.25, -0.2) is 4.98 Å². The van der Waals surface area contributed by atoms with E-state index in [1.165, 1.54) is 31.6 Å². The van der Waals surface area contributed by atoms with Crippen LogP contribution in [-0.4, -0.2) is 54.6 Å². The van der Waals surface area contributed by atoms with Crippen LogP contribution in [0, 0.1) is 5.92 Å². The lowest BCUT2D eigenvalue weighted by molar-refractivity contribution is 0.222. The fourth-order valence-electron chi connectivity index (χ4n) is 3.21. The van der Waals surface area contributed by atoms with E-state index < -0.39 is 0 Å². The van der Waals surface area contributed by atoms with Gasteiger partial charge in [-0.15, -0.1) is 11.3 Å². The molecule has 1 aliphatic heterocycles. The van der Waals surface area contributed by atoms with E-state index >= 15 is 0 Å². The number of piperidine rings is 1. The Balaban J connectivity index is 1.75. The Morgan fingerprint density at radius 1 is 1.43 bits per heavy atom. The summed E-state index contributed by atoms with van der Waals surface area (Å²) in [5.41, 5.74) is 7.04. The summed E-state index contributed by atoms with van der Waals surface area (Å²) in [6, 6.07) is 0. The van der Waals surface area contributed by atoms with Crippen molar-refractivity contribution >= 4 is 22.1 Å². The smallest absolute Gasteiger partial charge is 0.195 e. The van der Waals surface area contributed by atoms with E-state index in [4.69, 9.17) is 10.7 Å². The third kappa shape index (κ3) is 3.07. The van der Waals surface area contributed by atoms with Crippen LogP contribution in [0.3, 0.4) is 0 Å². The van der Waals surface area contributed by atoms with E-state index in [0.29, 0.717) is 6.54 Å². The van der Waals surface area contributed by atoms with Crippen molar-refractivity contribution < 1.29 is 0 Å². The molecule has 2 aromatic heterocycles. The summed E-state index contributed by atoms with van der Waals surface area (Å²) in [7, 11) is 4.38. The first-order valence-electron chi connectivity index (χ1n) is 7.73. The van der Waals surface area contributed by atoms with Gasteiger partial charge in [-0.3, -0.25) is 4.40 Å². The first-order chi connectivity index (χ1) is 10.2. The van der Waals surface area contributed by atoms with Crippen molar-refractivity contribution in [3.63, 3.8) is 0 Å². The summed E-state index contributed by atoms with van der Waals surface area (Å²) in [5, 5.41) is 2.09. The topological polar surface area (TPSA) is 49.8 Å². The van der Waals surface area contributed by atoms with Gasteiger partial charge in [0.05, 0.1) is 5.69 Å². The Morgan fingerprint density at radius 3 is 2.90 bits per heavy atom. The van der Waals surface area contributed by atoms with Gasteiger partial charge in [-0.05, 0) is 45.4 Å². The van der Waals surface area contributed by atoms with Crippen LogP contribution in [0.5, 0.6) is 0 Å². The van der Waals surface area contributed by atoms with E-state index in [0.717, 1.165) is 29.7 Å². The average Bonchev–Trinajstić information content (AvgIpc) is 3.04. The molecule has 2 N–H and O–H groups in total. The molecule has 1 fully saturated rings. The first kappa shape index (κ1) is 14.8. The Hall–Kier alpha value is -1.11. The maximum atomic E-state index is 5.79. The molecule has 3 rings (SSSR count). The Labute approximate surface area is 130 Å². The molecule has 3 heterocycles. The number of likely N-dealkylation sites (tertiary alicyclic amines) is 1. The van der Waals surface area contributed by atoms with Gasteiger partial charge in [0.1, 0.15) is 0 Å². The highest BCUT2D eigenvalue weighted by Crippen LogP contribution is 2.26. The molecule has 0 aliphatic carbocycles. The standard InChI is InChI=1S/C15H25N5S/c1-18-7-4-12(5-8-18)11-19(2)14-13(3-6-16)20-9-10-21-15(20)17-14/h9-10,12H,3-8,11,16H2,1-2H3. The highest BCUT2D eigenvalue weighted by molar-refractivity contribution is 7.15. The summed E-state index contributed by atoms with van der Waals surface area (Å²) in [6.45, 7) is 4.19. The molecule has 5 nitrogen and oxygen atoms in total. The van der Waals surface area contributed by atoms with Crippen LogP contribution in [-0.2, 0) is 6.42 Å². The number of aromatic nitrogens is 2. The van der Waals surface area contributed by atoms with E-state index in [1.54, 1.807) is 11.3 Å². The SMILES string of the molecule is CN1CCC(CN(C)c2nc3sccn3c2CCN)CC1. The van der Waals surface area contributed by atoms with Crippen LogP contribution in [0.1, 0.15) is 18.5 Å². The van der Waals surface area contributed by atoms with Crippen LogP contribution in [0.25, 0.3) is 4.96 Å². The summed E-state index contributed by atoms with van der Waals surface area (Å²) in [6.07, 6.45) is 5.56. The van der Waals surface area contributed by atoms with Crippen molar-refractivity contribution in [1.82, 2.24) is 14.3 Å². The molecule has 6 heteroatoms. The number of hydrogen-bond acceptors (Lipinski definition) is 5. The van der Waals surface area contributed by atoms with Crippen LogP contribution >= 0.6 is 11.3 Å². The van der Waals surface area contributed by atoms with E-state index in [-0.39, 0.29) is 0 Å². The lowest BCUT2D eigenvalue weighted by Crippen LogP contribution is -2.36. The highest BCUT2D eigenvalue weighted by atomic mass is 32.1. The fraction of sp³-hybridized carbons (Fsp3) is 0.667. The van der Waals surface area contributed by atoms with Crippen molar-refractivity contribution in [2.45, 2.75) is 19.3 Å². The monoisotopic (exact) mass is 307 g/mol. The van der Waals surface area contributed by atoms with E-state index in [9.17, 15) is 0 Å². The fourth-order valence-corrected chi connectivity index (χ4v) is 3.94. The van der Waals surface area contributed by atoms with Gasteiger partial charge in [-0.2, -0.15) is 0 Å². The molecule has 1 saturated heterocycles. The van der Waals surface area contributed by atoms with Crippen molar-refractivity contribution in [2.24, 2.45) is 11.7 Å². The third-order valence-electron chi connectivity index (χ3n) is 4.45. The van der Waals surface area contributed by atoms with Crippen LogP contribution in [0.4, 0.5) is 5.82 Å². The molecule has 1 aliphatic rings. The zero-order valence-electron chi connectivity index (χ0n) is 13.0. The predicted molar refractivity (Wildman–Crippen MR) is 89.3 cm³/mol. The minimum Gasteiger partial charge on any atom is -0.358 e. The summed E-state index contributed by atoms with van der Waals surface area (Å²) in [5.74, 6) is 1.89. The van der Waals surface area contributed by atoms with Crippen LogP contribution in [0.15, 0.2) is 11.6 Å².